The van der Waals surface area contributed by atoms with Gasteiger partial charge in [-0.25, -0.2) is 4.31 Å². The average molecular weight is 236 g/mol. The van der Waals surface area contributed by atoms with E-state index in [0.29, 0.717) is 0 Å². The van der Waals surface area contributed by atoms with Crippen LogP contribution in [0.2, 0.25) is 0 Å². The van der Waals surface area contributed by atoms with Gasteiger partial charge >= 0.3 is 0 Å². The molecule has 0 aliphatic carbocycles. The van der Waals surface area contributed by atoms with Crippen molar-refractivity contribution in [2.75, 3.05) is 32.4 Å². The molecule has 88 valence electrons. The molecule has 3 heteroatoms. The zero-order valence-corrected chi connectivity index (χ0v) is 11.0. The highest BCUT2D eigenvalue weighted by Gasteiger charge is 2.16. The molecule has 2 nitrogen and oxygen atoms in total. The first-order valence-electron chi connectivity index (χ1n) is 5.85. The van der Waals surface area contributed by atoms with E-state index in [1.165, 1.54) is 37.3 Å². The highest BCUT2D eigenvalue weighted by Crippen LogP contribution is 2.14. The molecule has 0 N–H and O–H groups in total. The lowest BCUT2D eigenvalue weighted by atomic mass is 10.1. The Morgan fingerprint density at radius 2 is 1.81 bits per heavy atom. The highest BCUT2D eigenvalue weighted by atomic mass is 32.2. The van der Waals surface area contributed by atoms with E-state index >= 15 is 0 Å². The molecule has 1 aliphatic heterocycles. The second-order valence-corrected chi connectivity index (χ2v) is 5.20. The van der Waals surface area contributed by atoms with Gasteiger partial charge in [-0.3, -0.25) is 4.90 Å². The zero-order chi connectivity index (χ0) is 11.4. The number of benzene rings is 1. The lowest BCUT2D eigenvalue weighted by molar-refractivity contribution is 0.189. The summed E-state index contributed by atoms with van der Waals surface area (Å²) >= 11 is 1.86. The smallest absolute Gasteiger partial charge is 0.0237 e. The molecule has 1 saturated heterocycles. The number of piperazine rings is 1. The first-order valence-corrected chi connectivity index (χ1v) is 7.03. The van der Waals surface area contributed by atoms with Crippen molar-refractivity contribution >= 4 is 11.9 Å². The van der Waals surface area contributed by atoms with Gasteiger partial charge in [-0.05, 0) is 24.3 Å². The largest absolute Gasteiger partial charge is 0.296 e. The number of rotatable bonds is 3. The monoisotopic (exact) mass is 236 g/mol. The van der Waals surface area contributed by atoms with E-state index in [4.69, 9.17) is 0 Å². The van der Waals surface area contributed by atoms with Crippen LogP contribution in [0.1, 0.15) is 11.1 Å². The molecule has 0 aromatic heterocycles. The molecular weight excluding hydrogens is 216 g/mol. The maximum absolute atomic E-state index is 2.55. The third-order valence-electron chi connectivity index (χ3n) is 3.24. The van der Waals surface area contributed by atoms with Gasteiger partial charge in [-0.15, -0.1) is 0 Å². The Bertz CT molecular complexity index is 332. The third kappa shape index (κ3) is 3.00. The molecule has 0 atom stereocenters. The van der Waals surface area contributed by atoms with Gasteiger partial charge in [0.05, 0.1) is 0 Å². The van der Waals surface area contributed by atoms with Crippen LogP contribution < -0.4 is 0 Å². The molecule has 0 amide bonds. The number of hydrogen-bond acceptors (Lipinski definition) is 3. The average Bonchev–Trinajstić information content (AvgIpc) is 2.33. The van der Waals surface area contributed by atoms with Crippen molar-refractivity contribution < 1.29 is 0 Å². The second-order valence-electron chi connectivity index (χ2n) is 4.31. The Morgan fingerprint density at radius 3 is 2.44 bits per heavy atom. The van der Waals surface area contributed by atoms with Crippen LogP contribution in [0, 0.1) is 6.92 Å². The van der Waals surface area contributed by atoms with Gasteiger partial charge in [0.1, 0.15) is 0 Å². The van der Waals surface area contributed by atoms with Gasteiger partial charge < -0.3 is 0 Å². The van der Waals surface area contributed by atoms with Crippen LogP contribution in [-0.2, 0) is 6.54 Å². The maximum Gasteiger partial charge on any atom is 0.0237 e. The highest BCUT2D eigenvalue weighted by molar-refractivity contribution is 7.96. The van der Waals surface area contributed by atoms with E-state index in [9.17, 15) is 0 Å². The summed E-state index contributed by atoms with van der Waals surface area (Å²) in [5.41, 5.74) is 2.88. The maximum atomic E-state index is 2.55. The van der Waals surface area contributed by atoms with Crippen LogP contribution in [0.5, 0.6) is 0 Å². The number of aryl methyl sites for hydroxylation is 1. The Kier molecular flexibility index (Phi) is 4.27. The SMILES string of the molecule is CSN1CCN(Cc2ccccc2C)CC1. The van der Waals surface area contributed by atoms with Gasteiger partial charge in [-0.2, -0.15) is 0 Å². The fourth-order valence-corrected chi connectivity index (χ4v) is 2.63. The standard InChI is InChI=1S/C13H20N2S/c1-12-5-3-4-6-13(12)11-14-7-9-15(16-2)10-8-14/h3-6H,7-11H2,1-2H3. The van der Waals surface area contributed by atoms with Crippen molar-refractivity contribution in [3.05, 3.63) is 35.4 Å². The van der Waals surface area contributed by atoms with Crippen molar-refractivity contribution in [2.45, 2.75) is 13.5 Å². The van der Waals surface area contributed by atoms with Crippen LogP contribution >= 0.6 is 11.9 Å². The van der Waals surface area contributed by atoms with Crippen molar-refractivity contribution in [1.82, 2.24) is 9.21 Å². The molecule has 1 fully saturated rings. The number of hydrogen-bond donors (Lipinski definition) is 0. The molecule has 0 saturated carbocycles. The van der Waals surface area contributed by atoms with E-state index in [2.05, 4.69) is 46.7 Å². The molecule has 0 bridgehead atoms. The summed E-state index contributed by atoms with van der Waals surface area (Å²) in [6.07, 6.45) is 2.16. The van der Waals surface area contributed by atoms with Crippen LogP contribution in [-0.4, -0.2) is 41.6 Å². The summed E-state index contributed by atoms with van der Waals surface area (Å²) in [5, 5.41) is 0. The van der Waals surface area contributed by atoms with Crippen molar-refractivity contribution in [2.24, 2.45) is 0 Å². The van der Waals surface area contributed by atoms with E-state index in [1.807, 2.05) is 11.9 Å². The molecule has 16 heavy (non-hydrogen) atoms. The Balaban J connectivity index is 1.89. The van der Waals surface area contributed by atoms with Crippen LogP contribution in [0.15, 0.2) is 24.3 Å². The molecule has 1 heterocycles. The first-order chi connectivity index (χ1) is 7.79. The first kappa shape index (κ1) is 12.0. The normalized spacial score (nSPS) is 18.9. The van der Waals surface area contributed by atoms with Gasteiger partial charge in [-0.1, -0.05) is 36.2 Å². The Labute approximate surface area is 103 Å². The minimum absolute atomic E-state index is 1.11. The fourth-order valence-electron chi connectivity index (χ4n) is 2.10. The van der Waals surface area contributed by atoms with E-state index in [-0.39, 0.29) is 0 Å². The molecule has 0 radical (unpaired) electrons. The second kappa shape index (κ2) is 5.71. The van der Waals surface area contributed by atoms with Gasteiger partial charge in [0.25, 0.3) is 0 Å². The molecule has 0 spiro atoms. The molecule has 2 rings (SSSR count). The lowest BCUT2D eigenvalue weighted by Gasteiger charge is -2.33. The van der Waals surface area contributed by atoms with Gasteiger partial charge in [0, 0.05) is 32.7 Å². The Morgan fingerprint density at radius 1 is 1.12 bits per heavy atom. The molecule has 0 unspecified atom stereocenters. The van der Waals surface area contributed by atoms with Crippen molar-refractivity contribution in [1.29, 1.82) is 0 Å². The van der Waals surface area contributed by atoms with Crippen molar-refractivity contribution in [3.63, 3.8) is 0 Å². The summed E-state index contributed by atoms with van der Waals surface area (Å²) in [7, 11) is 0. The van der Waals surface area contributed by atoms with Crippen LogP contribution in [0.25, 0.3) is 0 Å². The predicted molar refractivity (Wildman–Crippen MR) is 71.5 cm³/mol. The third-order valence-corrected chi connectivity index (χ3v) is 4.13. The quantitative estimate of drug-likeness (QED) is 0.744. The molecule has 1 aliphatic rings. The summed E-state index contributed by atoms with van der Waals surface area (Å²) in [4.78, 5) is 2.55. The minimum Gasteiger partial charge on any atom is -0.296 e. The molecule has 1 aromatic carbocycles. The summed E-state index contributed by atoms with van der Waals surface area (Å²) in [6, 6.07) is 8.70. The van der Waals surface area contributed by atoms with E-state index < -0.39 is 0 Å². The summed E-state index contributed by atoms with van der Waals surface area (Å²) < 4.78 is 2.44. The van der Waals surface area contributed by atoms with E-state index in [1.54, 1.807) is 0 Å². The summed E-state index contributed by atoms with van der Waals surface area (Å²) in [6.45, 7) is 8.06. The zero-order valence-electron chi connectivity index (χ0n) is 10.1. The van der Waals surface area contributed by atoms with Crippen LogP contribution in [0.3, 0.4) is 0 Å². The van der Waals surface area contributed by atoms with Gasteiger partial charge in [0.2, 0.25) is 0 Å². The molecular formula is C13H20N2S. The minimum atomic E-state index is 1.11. The van der Waals surface area contributed by atoms with Crippen molar-refractivity contribution in [3.8, 4) is 0 Å². The number of nitrogens with zero attached hydrogens (tertiary/aromatic N) is 2. The Hall–Kier alpha value is -0.510. The molecule has 1 aromatic rings. The summed E-state index contributed by atoms with van der Waals surface area (Å²) in [5.74, 6) is 0. The predicted octanol–water partition coefficient (Wildman–Crippen LogP) is 2.39. The van der Waals surface area contributed by atoms with Gasteiger partial charge in [0.15, 0.2) is 0 Å². The fraction of sp³-hybridized carbons (Fsp3) is 0.538. The topological polar surface area (TPSA) is 6.48 Å². The lowest BCUT2D eigenvalue weighted by Crippen LogP contribution is -2.42. The van der Waals surface area contributed by atoms with Crippen LogP contribution in [0.4, 0.5) is 0 Å². The van der Waals surface area contributed by atoms with E-state index in [0.717, 1.165) is 6.54 Å².